The van der Waals surface area contributed by atoms with Crippen LogP contribution in [0.3, 0.4) is 0 Å². The summed E-state index contributed by atoms with van der Waals surface area (Å²) in [5.74, 6) is 2.53. The zero-order valence-electron chi connectivity index (χ0n) is 13.0. The first-order valence-corrected chi connectivity index (χ1v) is 7.15. The topological polar surface area (TPSA) is 70.1 Å². The highest BCUT2D eigenvalue weighted by atomic mass is 16.6. The Morgan fingerprint density at radius 2 is 1.95 bits per heavy atom. The van der Waals surface area contributed by atoms with Gasteiger partial charge in [-0.3, -0.25) is 0 Å². The third-order valence-electron chi connectivity index (χ3n) is 3.30. The normalized spacial score (nSPS) is 16.2. The number of hydrogen-bond donors (Lipinski definition) is 1. The molecule has 1 aliphatic rings. The maximum atomic E-state index is 12.3. The molecular weight excluding hydrogens is 272 g/mol. The standard InChI is InChI=1S/C15H24N2O4/c1-5-6-9-17(14(20)21-15(2,3)4)12-7-10-16(11-8-12)13(18)19/h1,12H,6-11H2,2-4H3,(H,18,19). The van der Waals surface area contributed by atoms with Gasteiger partial charge in [-0.2, -0.15) is 0 Å². The van der Waals surface area contributed by atoms with E-state index in [0.29, 0.717) is 38.9 Å². The summed E-state index contributed by atoms with van der Waals surface area (Å²) in [6.45, 7) is 6.74. The van der Waals surface area contributed by atoms with Gasteiger partial charge in [-0.1, -0.05) is 0 Å². The lowest BCUT2D eigenvalue weighted by molar-refractivity contribution is 0.00957. The Kier molecular flexibility index (Phi) is 5.89. The number of piperidine rings is 1. The first-order chi connectivity index (χ1) is 9.74. The Morgan fingerprint density at radius 3 is 2.38 bits per heavy atom. The Bertz CT molecular complexity index is 414. The molecule has 0 aromatic rings. The molecular formula is C15H24N2O4. The van der Waals surface area contributed by atoms with Crippen LogP contribution in [0, 0.1) is 12.3 Å². The first-order valence-electron chi connectivity index (χ1n) is 7.15. The van der Waals surface area contributed by atoms with Gasteiger partial charge in [0.25, 0.3) is 0 Å². The molecule has 2 amide bonds. The van der Waals surface area contributed by atoms with Crippen molar-refractivity contribution in [1.82, 2.24) is 9.80 Å². The van der Waals surface area contributed by atoms with Crippen molar-refractivity contribution in [3.63, 3.8) is 0 Å². The molecule has 0 bridgehead atoms. The van der Waals surface area contributed by atoms with Gasteiger partial charge in [-0.15, -0.1) is 12.3 Å². The van der Waals surface area contributed by atoms with Crippen LogP contribution in [0.4, 0.5) is 9.59 Å². The number of terminal acetylenes is 1. The number of carbonyl (C=O) groups is 2. The maximum absolute atomic E-state index is 12.3. The van der Waals surface area contributed by atoms with Crippen molar-refractivity contribution in [3.8, 4) is 12.3 Å². The van der Waals surface area contributed by atoms with Crippen molar-refractivity contribution in [2.45, 2.75) is 51.7 Å². The predicted molar refractivity (Wildman–Crippen MR) is 79.0 cm³/mol. The van der Waals surface area contributed by atoms with Crippen molar-refractivity contribution >= 4 is 12.2 Å². The molecule has 6 heteroatoms. The van der Waals surface area contributed by atoms with E-state index in [-0.39, 0.29) is 12.1 Å². The summed E-state index contributed by atoms with van der Waals surface area (Å²) in [5.41, 5.74) is -0.562. The number of carbonyl (C=O) groups excluding carboxylic acids is 1. The minimum Gasteiger partial charge on any atom is -0.465 e. The molecule has 0 aromatic heterocycles. The van der Waals surface area contributed by atoms with E-state index in [0.717, 1.165) is 0 Å². The van der Waals surface area contributed by atoms with Crippen molar-refractivity contribution in [2.75, 3.05) is 19.6 Å². The molecule has 0 aromatic carbocycles. The quantitative estimate of drug-likeness (QED) is 0.812. The highest BCUT2D eigenvalue weighted by molar-refractivity contribution is 5.69. The van der Waals surface area contributed by atoms with Crippen molar-refractivity contribution in [3.05, 3.63) is 0 Å². The summed E-state index contributed by atoms with van der Waals surface area (Å²) in [4.78, 5) is 26.2. The zero-order chi connectivity index (χ0) is 16.0. The van der Waals surface area contributed by atoms with Gasteiger partial charge in [0.1, 0.15) is 5.60 Å². The van der Waals surface area contributed by atoms with E-state index in [1.54, 1.807) is 4.90 Å². The molecule has 0 radical (unpaired) electrons. The summed E-state index contributed by atoms with van der Waals surface area (Å²) >= 11 is 0. The van der Waals surface area contributed by atoms with Crippen LogP contribution in [0.15, 0.2) is 0 Å². The Hall–Kier alpha value is -1.90. The highest BCUT2D eigenvalue weighted by Crippen LogP contribution is 2.20. The van der Waals surface area contributed by atoms with E-state index < -0.39 is 11.7 Å². The third-order valence-corrected chi connectivity index (χ3v) is 3.30. The van der Waals surface area contributed by atoms with Gasteiger partial charge in [0.2, 0.25) is 0 Å². The Morgan fingerprint density at radius 1 is 1.38 bits per heavy atom. The molecule has 0 spiro atoms. The average molecular weight is 296 g/mol. The second kappa shape index (κ2) is 7.21. The van der Waals surface area contributed by atoms with Crippen LogP contribution in [0.2, 0.25) is 0 Å². The minimum absolute atomic E-state index is 0.0243. The molecule has 6 nitrogen and oxygen atoms in total. The fourth-order valence-electron chi connectivity index (χ4n) is 2.30. The molecule has 0 saturated carbocycles. The SMILES string of the molecule is C#CCCN(C(=O)OC(C)(C)C)C1CCN(C(=O)O)CC1. The monoisotopic (exact) mass is 296 g/mol. The second-order valence-corrected chi connectivity index (χ2v) is 6.13. The third kappa shape index (κ3) is 5.54. The van der Waals surface area contributed by atoms with Crippen LogP contribution < -0.4 is 0 Å². The number of rotatable bonds is 3. The van der Waals surface area contributed by atoms with Gasteiger partial charge in [-0.25, -0.2) is 9.59 Å². The van der Waals surface area contributed by atoms with Crippen molar-refractivity contribution in [2.24, 2.45) is 0 Å². The molecule has 21 heavy (non-hydrogen) atoms. The Balaban J connectivity index is 2.68. The molecule has 1 heterocycles. The summed E-state index contributed by atoms with van der Waals surface area (Å²) in [6, 6.07) is -0.0243. The summed E-state index contributed by atoms with van der Waals surface area (Å²) < 4.78 is 5.41. The smallest absolute Gasteiger partial charge is 0.410 e. The van der Waals surface area contributed by atoms with E-state index in [2.05, 4.69) is 5.92 Å². The molecule has 1 N–H and O–H groups in total. The number of hydrogen-bond acceptors (Lipinski definition) is 3. The van der Waals surface area contributed by atoms with E-state index in [4.69, 9.17) is 16.3 Å². The van der Waals surface area contributed by atoms with Crippen LogP contribution in [0.25, 0.3) is 0 Å². The van der Waals surface area contributed by atoms with Crippen LogP contribution in [0.5, 0.6) is 0 Å². The van der Waals surface area contributed by atoms with E-state index >= 15 is 0 Å². The number of amides is 2. The number of likely N-dealkylation sites (tertiary alicyclic amines) is 1. The molecule has 1 fully saturated rings. The molecule has 0 aliphatic carbocycles. The van der Waals surface area contributed by atoms with Gasteiger partial charge >= 0.3 is 12.2 Å². The van der Waals surface area contributed by atoms with E-state index in [1.807, 2.05) is 20.8 Å². The summed E-state index contributed by atoms with van der Waals surface area (Å²) in [5, 5.41) is 8.96. The number of carboxylic acid groups (broad SMARTS) is 1. The molecule has 1 aliphatic heterocycles. The van der Waals surface area contributed by atoms with Gasteiger partial charge in [-0.05, 0) is 33.6 Å². The lowest BCUT2D eigenvalue weighted by Gasteiger charge is -2.38. The lowest BCUT2D eigenvalue weighted by atomic mass is 10.0. The van der Waals surface area contributed by atoms with Gasteiger partial charge in [0, 0.05) is 32.1 Å². The largest absolute Gasteiger partial charge is 0.465 e. The molecule has 1 saturated heterocycles. The van der Waals surface area contributed by atoms with Crippen LogP contribution in [-0.2, 0) is 4.74 Å². The minimum atomic E-state index is -0.916. The van der Waals surface area contributed by atoms with Gasteiger partial charge in [0.05, 0.1) is 0 Å². The summed E-state index contributed by atoms with van der Waals surface area (Å²) in [6.07, 6.45) is 5.65. The number of ether oxygens (including phenoxy) is 1. The fraction of sp³-hybridized carbons (Fsp3) is 0.733. The van der Waals surface area contributed by atoms with E-state index in [1.165, 1.54) is 4.90 Å². The predicted octanol–water partition coefficient (Wildman–Crippen LogP) is 2.39. The number of nitrogens with zero attached hydrogens (tertiary/aromatic N) is 2. The average Bonchev–Trinajstić information content (AvgIpc) is 2.37. The Labute approximate surface area is 126 Å². The molecule has 1 rings (SSSR count). The first kappa shape index (κ1) is 17.2. The fourth-order valence-corrected chi connectivity index (χ4v) is 2.30. The molecule has 0 atom stereocenters. The van der Waals surface area contributed by atoms with Crippen LogP contribution >= 0.6 is 0 Å². The summed E-state index contributed by atoms with van der Waals surface area (Å²) in [7, 11) is 0. The zero-order valence-corrected chi connectivity index (χ0v) is 13.0. The van der Waals surface area contributed by atoms with Crippen molar-refractivity contribution in [1.29, 1.82) is 0 Å². The molecule has 118 valence electrons. The van der Waals surface area contributed by atoms with Crippen LogP contribution in [0.1, 0.15) is 40.0 Å². The molecule has 0 unspecified atom stereocenters. The maximum Gasteiger partial charge on any atom is 0.410 e. The highest BCUT2D eigenvalue weighted by Gasteiger charge is 2.31. The second-order valence-electron chi connectivity index (χ2n) is 6.13. The van der Waals surface area contributed by atoms with Crippen molar-refractivity contribution < 1.29 is 19.4 Å². The van der Waals surface area contributed by atoms with E-state index in [9.17, 15) is 9.59 Å². The van der Waals surface area contributed by atoms with Gasteiger partial charge in [0.15, 0.2) is 0 Å². The van der Waals surface area contributed by atoms with Gasteiger partial charge < -0.3 is 19.6 Å². The van der Waals surface area contributed by atoms with Crippen LogP contribution in [-0.4, -0.2) is 58.4 Å². The lowest BCUT2D eigenvalue weighted by Crippen LogP contribution is -2.50.